The Balaban J connectivity index is 2.35. The second-order valence-electron chi connectivity index (χ2n) is 4.94. The number of nitrogens with zero attached hydrogens (tertiary/aromatic N) is 1. The van der Waals surface area contributed by atoms with Gasteiger partial charge in [0.25, 0.3) is 0 Å². The maximum atomic E-state index is 12.6. The summed E-state index contributed by atoms with van der Waals surface area (Å²) >= 11 is 5.76. The number of rotatable bonds is 5. The van der Waals surface area contributed by atoms with Crippen LogP contribution in [0.3, 0.4) is 0 Å². The first kappa shape index (κ1) is 17.9. The van der Waals surface area contributed by atoms with Crippen LogP contribution in [-0.2, 0) is 14.8 Å². The molecule has 1 aliphatic rings. The zero-order valence-electron chi connectivity index (χ0n) is 11.8. The van der Waals surface area contributed by atoms with Crippen molar-refractivity contribution in [2.75, 3.05) is 6.54 Å². The fraction of sp³-hybridized carbons (Fsp3) is 0.462. The molecule has 10 heteroatoms. The fourth-order valence-electron chi connectivity index (χ4n) is 2.41. The molecule has 128 valence electrons. The van der Waals surface area contributed by atoms with Gasteiger partial charge in [0.1, 0.15) is 11.8 Å². The molecule has 0 aliphatic carbocycles. The molecule has 0 radical (unpaired) electrons. The molecule has 1 atom stereocenters. The van der Waals surface area contributed by atoms with Crippen molar-refractivity contribution >= 4 is 27.6 Å². The van der Waals surface area contributed by atoms with Gasteiger partial charge < -0.3 is 9.84 Å². The number of hydrogen-bond acceptors (Lipinski definition) is 4. The Hall–Kier alpha value is -1.45. The molecule has 1 N–H and O–H groups in total. The second kappa shape index (κ2) is 6.98. The van der Waals surface area contributed by atoms with E-state index in [-0.39, 0.29) is 28.6 Å². The summed E-state index contributed by atoms with van der Waals surface area (Å²) in [5, 5.41) is 8.89. The molecule has 0 bridgehead atoms. The largest absolute Gasteiger partial charge is 0.480 e. The summed E-state index contributed by atoms with van der Waals surface area (Å²) in [6.45, 7) is -3.01. The summed E-state index contributed by atoms with van der Waals surface area (Å²) in [7, 11) is -4.10. The number of sulfonamides is 1. The van der Waals surface area contributed by atoms with E-state index in [4.69, 9.17) is 11.6 Å². The van der Waals surface area contributed by atoms with Crippen LogP contribution in [-0.4, -0.2) is 43.0 Å². The lowest BCUT2D eigenvalue weighted by Gasteiger charge is -2.31. The van der Waals surface area contributed by atoms with E-state index in [9.17, 15) is 27.1 Å². The molecule has 23 heavy (non-hydrogen) atoms. The van der Waals surface area contributed by atoms with E-state index in [1.165, 1.54) is 0 Å². The first-order chi connectivity index (χ1) is 10.7. The zero-order valence-corrected chi connectivity index (χ0v) is 13.4. The SMILES string of the molecule is O=C(O)C1CCCCN1S(=O)(=O)c1ccc(OC(F)F)c(Cl)c1. The third-order valence-corrected chi connectivity index (χ3v) is 5.66. The van der Waals surface area contributed by atoms with E-state index < -0.39 is 28.6 Å². The van der Waals surface area contributed by atoms with Crippen LogP contribution < -0.4 is 4.74 Å². The second-order valence-corrected chi connectivity index (χ2v) is 7.23. The third-order valence-electron chi connectivity index (χ3n) is 3.46. The van der Waals surface area contributed by atoms with Crippen molar-refractivity contribution in [2.45, 2.75) is 36.8 Å². The van der Waals surface area contributed by atoms with E-state index in [2.05, 4.69) is 4.74 Å². The van der Waals surface area contributed by atoms with Gasteiger partial charge in [-0.2, -0.15) is 13.1 Å². The van der Waals surface area contributed by atoms with Crippen molar-refractivity contribution in [3.8, 4) is 5.75 Å². The van der Waals surface area contributed by atoms with Crippen LogP contribution in [0.1, 0.15) is 19.3 Å². The van der Waals surface area contributed by atoms with E-state index in [0.717, 1.165) is 22.5 Å². The van der Waals surface area contributed by atoms with Gasteiger partial charge in [0, 0.05) is 6.54 Å². The van der Waals surface area contributed by atoms with Crippen LogP contribution >= 0.6 is 11.6 Å². The summed E-state index contributed by atoms with van der Waals surface area (Å²) in [6, 6.07) is 1.90. The van der Waals surface area contributed by atoms with Gasteiger partial charge in [0.15, 0.2) is 0 Å². The molecule has 1 aromatic rings. The van der Waals surface area contributed by atoms with Gasteiger partial charge in [0.05, 0.1) is 9.92 Å². The molecule has 0 aromatic heterocycles. The summed E-state index contributed by atoms with van der Waals surface area (Å²) in [6.07, 6.45) is 1.38. The average molecular weight is 370 g/mol. The smallest absolute Gasteiger partial charge is 0.387 e. The standard InChI is InChI=1S/C13H14ClF2NO5S/c14-9-7-8(4-5-11(9)22-13(15)16)23(20,21)17-6-2-1-3-10(17)12(18)19/h4-5,7,10,13H,1-3,6H2,(H,18,19). The number of hydrogen-bond donors (Lipinski definition) is 1. The predicted octanol–water partition coefficient (Wildman–Crippen LogP) is 2.57. The number of piperidine rings is 1. The highest BCUT2D eigenvalue weighted by Gasteiger charge is 2.37. The highest BCUT2D eigenvalue weighted by molar-refractivity contribution is 7.89. The zero-order chi connectivity index (χ0) is 17.2. The van der Waals surface area contributed by atoms with Crippen LogP contribution in [0, 0.1) is 0 Å². The van der Waals surface area contributed by atoms with E-state index in [1.807, 2.05) is 0 Å². The minimum Gasteiger partial charge on any atom is -0.480 e. The van der Waals surface area contributed by atoms with Crippen LogP contribution in [0.15, 0.2) is 23.1 Å². The molecule has 1 fully saturated rings. The molecule has 2 rings (SSSR count). The van der Waals surface area contributed by atoms with E-state index in [1.54, 1.807) is 0 Å². The Morgan fingerprint density at radius 3 is 2.65 bits per heavy atom. The summed E-state index contributed by atoms with van der Waals surface area (Å²) in [5.41, 5.74) is 0. The van der Waals surface area contributed by atoms with Gasteiger partial charge in [-0.1, -0.05) is 11.6 Å². The van der Waals surface area contributed by atoms with Crippen molar-refractivity contribution in [3.63, 3.8) is 0 Å². The number of carboxylic acid groups (broad SMARTS) is 1. The summed E-state index contributed by atoms with van der Waals surface area (Å²) in [5.74, 6) is -1.58. The molecule has 0 spiro atoms. The molecule has 1 heterocycles. The predicted molar refractivity (Wildman–Crippen MR) is 77.3 cm³/mol. The molecule has 1 aliphatic heterocycles. The van der Waals surface area contributed by atoms with Crippen LogP contribution in [0.4, 0.5) is 8.78 Å². The highest BCUT2D eigenvalue weighted by Crippen LogP contribution is 2.32. The first-order valence-corrected chi connectivity index (χ1v) is 8.54. The Morgan fingerprint density at radius 2 is 2.09 bits per heavy atom. The van der Waals surface area contributed by atoms with E-state index >= 15 is 0 Å². The number of alkyl halides is 2. The molecule has 1 unspecified atom stereocenters. The molecular weight excluding hydrogens is 356 g/mol. The fourth-order valence-corrected chi connectivity index (χ4v) is 4.38. The van der Waals surface area contributed by atoms with Gasteiger partial charge >= 0.3 is 12.6 Å². The van der Waals surface area contributed by atoms with Gasteiger partial charge in [-0.3, -0.25) is 4.79 Å². The molecule has 1 aromatic carbocycles. The summed E-state index contributed by atoms with van der Waals surface area (Å²) < 4.78 is 54.6. The average Bonchev–Trinajstić information content (AvgIpc) is 2.48. The van der Waals surface area contributed by atoms with Crippen LogP contribution in [0.25, 0.3) is 0 Å². The van der Waals surface area contributed by atoms with Crippen LogP contribution in [0.2, 0.25) is 5.02 Å². The first-order valence-electron chi connectivity index (χ1n) is 6.72. The van der Waals surface area contributed by atoms with Crippen LogP contribution in [0.5, 0.6) is 5.75 Å². The normalized spacial score (nSPS) is 19.7. The number of halogens is 3. The molecule has 0 saturated carbocycles. The minimum atomic E-state index is -4.10. The lowest BCUT2D eigenvalue weighted by Crippen LogP contribution is -2.47. The maximum absolute atomic E-state index is 12.6. The number of ether oxygens (including phenoxy) is 1. The van der Waals surface area contributed by atoms with E-state index in [0.29, 0.717) is 12.8 Å². The summed E-state index contributed by atoms with van der Waals surface area (Å²) in [4.78, 5) is 11.0. The van der Waals surface area contributed by atoms with Crippen molar-refractivity contribution in [1.29, 1.82) is 0 Å². The third kappa shape index (κ3) is 3.91. The Morgan fingerprint density at radius 1 is 1.39 bits per heavy atom. The Kier molecular flexibility index (Phi) is 5.43. The van der Waals surface area contributed by atoms with Gasteiger partial charge in [-0.15, -0.1) is 0 Å². The quantitative estimate of drug-likeness (QED) is 0.862. The topological polar surface area (TPSA) is 83.9 Å². The number of benzene rings is 1. The monoisotopic (exact) mass is 369 g/mol. The molecule has 6 nitrogen and oxygen atoms in total. The highest BCUT2D eigenvalue weighted by atomic mass is 35.5. The van der Waals surface area contributed by atoms with Crippen molar-refractivity contribution < 1.29 is 31.8 Å². The minimum absolute atomic E-state index is 0.0756. The molecular formula is C13H14ClF2NO5S. The molecule has 0 amide bonds. The van der Waals surface area contributed by atoms with Gasteiger partial charge in [0.2, 0.25) is 10.0 Å². The van der Waals surface area contributed by atoms with Gasteiger partial charge in [-0.05, 0) is 37.5 Å². The molecule has 1 saturated heterocycles. The van der Waals surface area contributed by atoms with Crippen molar-refractivity contribution in [1.82, 2.24) is 4.31 Å². The van der Waals surface area contributed by atoms with Crippen molar-refractivity contribution in [3.05, 3.63) is 23.2 Å². The van der Waals surface area contributed by atoms with Crippen molar-refractivity contribution in [2.24, 2.45) is 0 Å². The Labute approximate surface area is 136 Å². The lowest BCUT2D eigenvalue weighted by molar-refractivity contribution is -0.142. The number of carbonyl (C=O) groups is 1. The lowest BCUT2D eigenvalue weighted by atomic mass is 10.1. The number of carboxylic acids is 1. The number of aliphatic carboxylic acids is 1. The maximum Gasteiger partial charge on any atom is 0.387 e. The Bertz CT molecular complexity index is 698. The van der Waals surface area contributed by atoms with Gasteiger partial charge in [-0.25, -0.2) is 8.42 Å².